The van der Waals surface area contributed by atoms with Crippen molar-refractivity contribution in [3.8, 4) is 0 Å². The molecule has 0 aromatic rings. The Morgan fingerprint density at radius 1 is 0.657 bits per heavy atom. The first-order valence-electron chi connectivity index (χ1n) is 13.3. The summed E-state index contributed by atoms with van der Waals surface area (Å²) in [6.45, 7) is 10.6. The maximum atomic E-state index is 11.6. The molecular formula is C28H58O6Ti. The Balaban J connectivity index is -0.000000259. The van der Waals surface area contributed by atoms with Crippen molar-refractivity contribution in [2.24, 2.45) is 0 Å². The average Bonchev–Trinajstić information content (AvgIpc) is 2.70. The van der Waals surface area contributed by atoms with E-state index < -0.39 is 5.97 Å². The maximum Gasteiger partial charge on any atom is 0.331 e. The van der Waals surface area contributed by atoms with Crippen LogP contribution in [0.1, 0.15) is 144 Å². The second-order valence-electron chi connectivity index (χ2n) is 9.49. The van der Waals surface area contributed by atoms with Crippen LogP contribution in [0.25, 0.3) is 0 Å². The summed E-state index contributed by atoms with van der Waals surface area (Å²) in [5, 5.41) is 24.8. The molecule has 0 fully saturated rings. The van der Waals surface area contributed by atoms with Crippen LogP contribution in [0.3, 0.4) is 0 Å². The molecule has 0 atom stereocenters. The van der Waals surface area contributed by atoms with Gasteiger partial charge in [0.25, 0.3) is 0 Å². The molecule has 0 aliphatic rings. The summed E-state index contributed by atoms with van der Waals surface area (Å²) in [5.41, 5.74) is 0.131. The number of rotatable bonds is 18. The van der Waals surface area contributed by atoms with Gasteiger partial charge in [-0.1, -0.05) is 96.8 Å². The Hall–Kier alpha value is -0.526. The molecule has 7 heteroatoms. The third-order valence-electron chi connectivity index (χ3n) is 4.74. The molecule has 6 nitrogen and oxygen atoms in total. The number of ketones is 1. The van der Waals surface area contributed by atoms with Gasteiger partial charge in [-0.25, -0.2) is 4.79 Å². The minimum atomic E-state index is -1.01. The van der Waals surface area contributed by atoms with Crippen molar-refractivity contribution in [1.82, 2.24) is 0 Å². The largest absolute Gasteiger partial charge is 0.478 e. The quantitative estimate of drug-likeness (QED) is 0.101. The first-order chi connectivity index (χ1) is 15.5. The maximum absolute atomic E-state index is 11.6. The van der Waals surface area contributed by atoms with Crippen LogP contribution in [-0.4, -0.2) is 44.8 Å². The predicted molar refractivity (Wildman–Crippen MR) is 144 cm³/mol. The number of aliphatic hydroxyl groups is 2. The van der Waals surface area contributed by atoms with Gasteiger partial charge in [-0.15, -0.1) is 0 Å². The Bertz CT molecular complexity index is 453. The first-order valence-corrected chi connectivity index (χ1v) is 13.3. The molecule has 0 saturated carbocycles. The molecule has 0 aliphatic heterocycles. The fourth-order valence-corrected chi connectivity index (χ4v) is 3.05. The van der Waals surface area contributed by atoms with Gasteiger partial charge >= 0.3 is 5.97 Å². The van der Waals surface area contributed by atoms with E-state index in [9.17, 15) is 9.59 Å². The molecule has 0 saturated heterocycles. The Labute approximate surface area is 231 Å². The molecule has 0 heterocycles. The molecule has 0 rings (SSSR count). The van der Waals surface area contributed by atoms with Gasteiger partial charge in [0, 0.05) is 45.9 Å². The van der Waals surface area contributed by atoms with E-state index in [0.29, 0.717) is 6.42 Å². The van der Waals surface area contributed by atoms with E-state index in [1.54, 1.807) is 27.7 Å². The van der Waals surface area contributed by atoms with E-state index in [2.05, 4.69) is 6.92 Å². The molecule has 0 aliphatic carbocycles. The summed E-state index contributed by atoms with van der Waals surface area (Å²) < 4.78 is 0. The fraction of sp³-hybridized carbons (Fsp3) is 0.857. The van der Waals surface area contributed by atoms with Crippen molar-refractivity contribution in [2.45, 2.75) is 156 Å². The van der Waals surface area contributed by atoms with Gasteiger partial charge in [0.15, 0.2) is 5.78 Å². The second-order valence-corrected chi connectivity index (χ2v) is 9.49. The zero-order valence-corrected chi connectivity index (χ0v) is 25.3. The summed E-state index contributed by atoms with van der Waals surface area (Å²) in [6, 6.07) is 0. The summed E-state index contributed by atoms with van der Waals surface area (Å²) >= 11 is 0. The van der Waals surface area contributed by atoms with Crippen molar-refractivity contribution in [2.75, 3.05) is 0 Å². The number of aliphatic hydroxyl groups excluding tert-OH is 2. The summed E-state index contributed by atoms with van der Waals surface area (Å²) in [4.78, 5) is 22.2. The van der Waals surface area contributed by atoms with Crippen LogP contribution < -0.4 is 0 Å². The zero-order valence-electron chi connectivity index (χ0n) is 23.7. The molecule has 0 spiro atoms. The predicted octanol–water partition coefficient (Wildman–Crippen LogP) is 6.79. The second kappa shape index (κ2) is 35.6. The van der Waals surface area contributed by atoms with Crippen molar-refractivity contribution in [3.63, 3.8) is 0 Å². The Morgan fingerprint density at radius 3 is 1.17 bits per heavy atom. The number of unbranched alkanes of at least 4 members (excludes halogenated alkanes) is 14. The van der Waals surface area contributed by atoms with E-state index in [1.807, 2.05) is 0 Å². The van der Waals surface area contributed by atoms with Crippen LogP contribution in [-0.2, 0) is 31.3 Å². The van der Waals surface area contributed by atoms with Crippen molar-refractivity contribution >= 4 is 11.8 Å². The number of carbonyl (C=O) groups excluding carboxylic acids is 1. The first kappa shape index (κ1) is 44.5. The number of allylic oxidation sites excluding steroid dienone is 1. The zero-order chi connectivity index (χ0) is 25.9. The number of aliphatic carboxylic acids is 1. The Kier molecular flexibility index (Phi) is 45.3. The summed E-state index contributed by atoms with van der Waals surface area (Å²) in [7, 11) is 0. The molecule has 0 bridgehead atoms. The van der Waals surface area contributed by atoms with Gasteiger partial charge < -0.3 is 20.8 Å². The molecule has 35 heavy (non-hydrogen) atoms. The van der Waals surface area contributed by atoms with E-state index in [1.165, 1.54) is 96.5 Å². The van der Waals surface area contributed by atoms with Gasteiger partial charge in [-0.05, 0) is 47.1 Å². The van der Waals surface area contributed by atoms with E-state index >= 15 is 0 Å². The number of carboxylic acids is 1. The van der Waals surface area contributed by atoms with Crippen LogP contribution in [0, 0.1) is 0 Å². The summed E-state index contributed by atoms with van der Waals surface area (Å²) in [5.74, 6) is -1.07. The molecular weight excluding hydrogens is 480 g/mol. The van der Waals surface area contributed by atoms with Gasteiger partial charge in [-0.3, -0.25) is 4.79 Å². The molecule has 0 aromatic heterocycles. The smallest absolute Gasteiger partial charge is 0.331 e. The molecule has 0 aromatic carbocycles. The Morgan fingerprint density at radius 2 is 0.914 bits per heavy atom. The van der Waals surface area contributed by atoms with E-state index in [4.69, 9.17) is 15.3 Å². The fourth-order valence-electron chi connectivity index (χ4n) is 3.05. The standard InChI is InChI=1S/C22H40O3.2C3H8O.H2O.Ti/c1-3-4-5-6-7-8-9-10-11-12-13-14-15-16-17-18-21(23)19-20(2)22(24)25;2*1-3(2)4;;/h19H,3-18H2,1-2H3,(H,24,25);2*3-4H,1-2H3;1H2;/b20-19+;;;;. The van der Waals surface area contributed by atoms with Gasteiger partial charge in [0.2, 0.25) is 0 Å². The van der Waals surface area contributed by atoms with Crippen LogP contribution in [0.5, 0.6) is 0 Å². The number of hydrogen-bond donors (Lipinski definition) is 3. The number of hydrogen-bond acceptors (Lipinski definition) is 4. The minimum Gasteiger partial charge on any atom is -0.478 e. The van der Waals surface area contributed by atoms with E-state index in [0.717, 1.165) is 12.8 Å². The van der Waals surface area contributed by atoms with Crippen LogP contribution in [0.15, 0.2) is 11.6 Å². The van der Waals surface area contributed by atoms with Gasteiger partial charge in [-0.2, -0.15) is 0 Å². The number of carboxylic acid groups (broad SMARTS) is 1. The third-order valence-corrected chi connectivity index (χ3v) is 4.74. The SMILES string of the molecule is CC(C)O.CC(C)O.CCCCCCCCCCCCCCCCCC(=O)/C=C(\C)C(=O)O.O.[Ti]. The molecule has 0 unspecified atom stereocenters. The normalized spacial score (nSPS) is 10.4. The van der Waals surface area contributed by atoms with Crippen molar-refractivity contribution < 1.29 is 52.1 Å². The topological polar surface area (TPSA) is 126 Å². The molecule has 210 valence electrons. The van der Waals surface area contributed by atoms with Crippen molar-refractivity contribution in [1.29, 1.82) is 0 Å². The minimum absolute atomic E-state index is 0. The van der Waals surface area contributed by atoms with Gasteiger partial charge in [0.1, 0.15) is 0 Å². The molecule has 5 N–H and O–H groups in total. The number of carbonyl (C=O) groups is 2. The van der Waals surface area contributed by atoms with E-state index in [-0.39, 0.29) is 50.8 Å². The molecule has 0 amide bonds. The third kappa shape index (κ3) is 55.4. The average molecular weight is 539 g/mol. The summed E-state index contributed by atoms with van der Waals surface area (Å²) in [6.07, 6.45) is 21.0. The molecule has 0 radical (unpaired) electrons. The van der Waals surface area contributed by atoms with Crippen molar-refractivity contribution in [3.05, 3.63) is 11.6 Å². The van der Waals surface area contributed by atoms with Crippen LogP contribution in [0.4, 0.5) is 0 Å². The van der Waals surface area contributed by atoms with Crippen LogP contribution in [0.2, 0.25) is 0 Å². The van der Waals surface area contributed by atoms with Crippen LogP contribution >= 0.6 is 0 Å². The van der Waals surface area contributed by atoms with Gasteiger partial charge in [0.05, 0.1) is 0 Å². The monoisotopic (exact) mass is 538 g/mol.